The van der Waals surface area contributed by atoms with E-state index in [0.29, 0.717) is 19.5 Å². The van der Waals surface area contributed by atoms with Crippen LogP contribution in [0.1, 0.15) is 18.9 Å². The average Bonchev–Trinajstić information content (AvgIpc) is 2.28. The second kappa shape index (κ2) is 6.35. The standard InChI is InChI=1S/C13H19FN2O/c1-10(8-15)6-13(17)16(2)9-11-4-3-5-12(14)7-11/h3-5,7,10H,6,8-9,15H2,1-2H3. The fourth-order valence-corrected chi connectivity index (χ4v) is 1.53. The Bertz CT molecular complexity index is 381. The van der Waals surface area contributed by atoms with Gasteiger partial charge in [0.25, 0.3) is 0 Å². The molecule has 0 aromatic heterocycles. The van der Waals surface area contributed by atoms with E-state index in [1.165, 1.54) is 12.1 Å². The van der Waals surface area contributed by atoms with Crippen LogP contribution < -0.4 is 5.73 Å². The molecule has 1 rings (SSSR count). The Hall–Kier alpha value is -1.42. The van der Waals surface area contributed by atoms with E-state index in [4.69, 9.17) is 5.73 Å². The molecule has 0 aliphatic carbocycles. The molecule has 0 saturated heterocycles. The molecule has 2 N–H and O–H groups in total. The van der Waals surface area contributed by atoms with Gasteiger partial charge in [-0.3, -0.25) is 4.79 Å². The first-order valence-electron chi connectivity index (χ1n) is 5.71. The van der Waals surface area contributed by atoms with Crippen molar-refractivity contribution in [3.05, 3.63) is 35.6 Å². The molecular formula is C13H19FN2O. The summed E-state index contributed by atoms with van der Waals surface area (Å²) in [6.07, 6.45) is 0.433. The van der Waals surface area contributed by atoms with Gasteiger partial charge in [0.1, 0.15) is 5.82 Å². The van der Waals surface area contributed by atoms with Crippen LogP contribution in [0.3, 0.4) is 0 Å². The van der Waals surface area contributed by atoms with Gasteiger partial charge in [-0.05, 0) is 30.2 Å². The van der Waals surface area contributed by atoms with Gasteiger partial charge < -0.3 is 10.6 Å². The Balaban J connectivity index is 2.54. The highest BCUT2D eigenvalue weighted by Crippen LogP contribution is 2.09. The number of hydrogen-bond acceptors (Lipinski definition) is 2. The molecule has 3 nitrogen and oxygen atoms in total. The number of hydrogen-bond donors (Lipinski definition) is 1. The molecule has 1 atom stereocenters. The molecule has 94 valence electrons. The van der Waals surface area contributed by atoms with Crippen LogP contribution in [0, 0.1) is 11.7 Å². The third kappa shape index (κ3) is 4.53. The van der Waals surface area contributed by atoms with Crippen molar-refractivity contribution in [2.45, 2.75) is 19.9 Å². The lowest BCUT2D eigenvalue weighted by Gasteiger charge is -2.19. The molecular weight excluding hydrogens is 219 g/mol. The lowest BCUT2D eigenvalue weighted by Crippen LogP contribution is -2.29. The Morgan fingerprint density at radius 3 is 2.82 bits per heavy atom. The van der Waals surface area contributed by atoms with Crippen molar-refractivity contribution in [1.29, 1.82) is 0 Å². The first-order valence-corrected chi connectivity index (χ1v) is 5.71. The minimum absolute atomic E-state index is 0.0345. The van der Waals surface area contributed by atoms with E-state index in [1.807, 2.05) is 6.92 Å². The van der Waals surface area contributed by atoms with Crippen molar-refractivity contribution in [3.63, 3.8) is 0 Å². The molecule has 4 heteroatoms. The van der Waals surface area contributed by atoms with E-state index >= 15 is 0 Å². The normalized spacial score (nSPS) is 12.2. The monoisotopic (exact) mass is 238 g/mol. The van der Waals surface area contributed by atoms with Gasteiger partial charge in [-0.1, -0.05) is 19.1 Å². The number of halogens is 1. The molecule has 1 aromatic carbocycles. The molecule has 0 radical (unpaired) electrons. The predicted octanol–water partition coefficient (Wildman–Crippen LogP) is 1.77. The highest BCUT2D eigenvalue weighted by atomic mass is 19.1. The molecule has 1 aromatic rings. The second-order valence-electron chi connectivity index (χ2n) is 4.42. The quantitative estimate of drug-likeness (QED) is 0.849. The number of amides is 1. The van der Waals surface area contributed by atoms with Crippen LogP contribution in [0.5, 0.6) is 0 Å². The molecule has 0 heterocycles. The molecule has 1 amide bonds. The smallest absolute Gasteiger partial charge is 0.222 e. The van der Waals surface area contributed by atoms with Crippen molar-refractivity contribution in [3.8, 4) is 0 Å². The summed E-state index contributed by atoms with van der Waals surface area (Å²) >= 11 is 0. The van der Waals surface area contributed by atoms with Crippen molar-refractivity contribution < 1.29 is 9.18 Å². The van der Waals surface area contributed by atoms with E-state index in [-0.39, 0.29) is 17.6 Å². The summed E-state index contributed by atoms with van der Waals surface area (Å²) < 4.78 is 13.0. The number of carbonyl (C=O) groups excluding carboxylic acids is 1. The zero-order valence-electron chi connectivity index (χ0n) is 10.3. The Morgan fingerprint density at radius 2 is 2.24 bits per heavy atom. The largest absolute Gasteiger partial charge is 0.341 e. The van der Waals surface area contributed by atoms with Gasteiger partial charge >= 0.3 is 0 Å². The van der Waals surface area contributed by atoms with Crippen LogP contribution >= 0.6 is 0 Å². The van der Waals surface area contributed by atoms with Gasteiger partial charge in [0.05, 0.1) is 0 Å². The summed E-state index contributed by atoms with van der Waals surface area (Å²) in [6.45, 7) is 2.86. The predicted molar refractivity (Wildman–Crippen MR) is 65.7 cm³/mol. The maximum atomic E-state index is 13.0. The first-order chi connectivity index (χ1) is 8.02. The Morgan fingerprint density at radius 1 is 1.53 bits per heavy atom. The number of nitrogens with zero attached hydrogens (tertiary/aromatic N) is 1. The average molecular weight is 238 g/mol. The highest BCUT2D eigenvalue weighted by molar-refractivity contribution is 5.76. The third-order valence-corrected chi connectivity index (χ3v) is 2.66. The van der Waals surface area contributed by atoms with Gasteiger partial charge in [0.2, 0.25) is 5.91 Å². The zero-order chi connectivity index (χ0) is 12.8. The molecule has 0 spiro atoms. The zero-order valence-corrected chi connectivity index (χ0v) is 10.3. The fourth-order valence-electron chi connectivity index (χ4n) is 1.53. The summed E-state index contributed by atoms with van der Waals surface area (Å²) in [5.74, 6) is -0.0663. The Labute approximate surface area is 101 Å². The second-order valence-corrected chi connectivity index (χ2v) is 4.42. The molecule has 0 aliphatic rings. The molecule has 17 heavy (non-hydrogen) atoms. The van der Waals surface area contributed by atoms with Crippen LogP contribution in [0.25, 0.3) is 0 Å². The highest BCUT2D eigenvalue weighted by Gasteiger charge is 2.12. The van der Waals surface area contributed by atoms with Crippen molar-refractivity contribution in [2.24, 2.45) is 11.7 Å². The maximum Gasteiger partial charge on any atom is 0.222 e. The van der Waals surface area contributed by atoms with E-state index in [0.717, 1.165) is 5.56 Å². The van der Waals surface area contributed by atoms with E-state index in [2.05, 4.69) is 0 Å². The fraction of sp³-hybridized carbons (Fsp3) is 0.462. The Kier molecular flexibility index (Phi) is 5.10. The maximum absolute atomic E-state index is 13.0. The van der Waals surface area contributed by atoms with E-state index in [1.54, 1.807) is 24.1 Å². The summed E-state index contributed by atoms with van der Waals surface area (Å²) in [5.41, 5.74) is 6.27. The minimum Gasteiger partial charge on any atom is -0.341 e. The number of rotatable bonds is 5. The van der Waals surface area contributed by atoms with Crippen LogP contribution in [-0.4, -0.2) is 24.4 Å². The molecule has 0 fully saturated rings. The van der Waals surface area contributed by atoms with Crippen LogP contribution in [-0.2, 0) is 11.3 Å². The van der Waals surface area contributed by atoms with Gasteiger partial charge in [-0.25, -0.2) is 4.39 Å². The van der Waals surface area contributed by atoms with Gasteiger partial charge in [-0.2, -0.15) is 0 Å². The van der Waals surface area contributed by atoms with Gasteiger partial charge in [-0.15, -0.1) is 0 Å². The van der Waals surface area contributed by atoms with Crippen LogP contribution in [0.15, 0.2) is 24.3 Å². The minimum atomic E-state index is -0.279. The van der Waals surface area contributed by atoms with Crippen molar-refractivity contribution in [2.75, 3.05) is 13.6 Å². The topological polar surface area (TPSA) is 46.3 Å². The lowest BCUT2D eigenvalue weighted by atomic mass is 10.1. The molecule has 0 aliphatic heterocycles. The number of nitrogens with two attached hydrogens (primary N) is 1. The van der Waals surface area contributed by atoms with Crippen molar-refractivity contribution in [1.82, 2.24) is 4.90 Å². The summed E-state index contributed by atoms with van der Waals surface area (Å²) in [7, 11) is 1.72. The van der Waals surface area contributed by atoms with Crippen LogP contribution in [0.4, 0.5) is 4.39 Å². The van der Waals surface area contributed by atoms with Crippen LogP contribution in [0.2, 0.25) is 0 Å². The van der Waals surface area contributed by atoms with Crippen molar-refractivity contribution >= 4 is 5.91 Å². The van der Waals surface area contributed by atoms with E-state index in [9.17, 15) is 9.18 Å². The lowest BCUT2D eigenvalue weighted by molar-refractivity contribution is -0.131. The third-order valence-electron chi connectivity index (χ3n) is 2.66. The number of benzene rings is 1. The molecule has 0 saturated carbocycles. The summed E-state index contributed by atoms with van der Waals surface area (Å²) in [4.78, 5) is 13.4. The first kappa shape index (κ1) is 13.6. The van der Waals surface area contributed by atoms with E-state index < -0.39 is 0 Å². The molecule has 0 bridgehead atoms. The number of carbonyl (C=O) groups is 1. The SMILES string of the molecule is CC(CN)CC(=O)N(C)Cc1cccc(F)c1. The summed E-state index contributed by atoms with van der Waals surface area (Å²) in [6, 6.07) is 6.28. The van der Waals surface area contributed by atoms with Gasteiger partial charge in [0, 0.05) is 20.0 Å². The van der Waals surface area contributed by atoms with Gasteiger partial charge in [0.15, 0.2) is 0 Å². The summed E-state index contributed by atoms with van der Waals surface area (Å²) in [5, 5.41) is 0. The molecule has 1 unspecified atom stereocenters.